The molecule has 0 saturated heterocycles. The lowest BCUT2D eigenvalue weighted by Gasteiger charge is -2.18. The van der Waals surface area contributed by atoms with Gasteiger partial charge in [0.15, 0.2) is 6.23 Å². The fraction of sp³-hybridized carbons (Fsp3) is 0.133. The van der Waals surface area contributed by atoms with Crippen molar-refractivity contribution >= 4 is 0 Å². The topological polar surface area (TPSA) is 61.9 Å². The molecule has 0 amide bonds. The van der Waals surface area contributed by atoms with Crippen molar-refractivity contribution in [2.24, 2.45) is 0 Å². The summed E-state index contributed by atoms with van der Waals surface area (Å²) < 4.78 is 9.07. The summed E-state index contributed by atoms with van der Waals surface area (Å²) in [7, 11) is 0. The molecular weight excluding hydrogens is 268 g/mol. The van der Waals surface area contributed by atoms with Gasteiger partial charge in [0.05, 0.1) is 6.33 Å². The third-order valence-corrected chi connectivity index (χ3v) is 3.05. The second-order valence-corrected chi connectivity index (χ2v) is 4.47. The number of benzene rings is 1. The van der Waals surface area contributed by atoms with Crippen LogP contribution in [0.3, 0.4) is 0 Å². The molecular formula is C15H14N4O2. The normalized spacial score (nSPS) is 12.0. The molecule has 0 N–H and O–H groups in total. The lowest BCUT2D eigenvalue weighted by Crippen LogP contribution is -2.20. The first kappa shape index (κ1) is 13.1. The summed E-state index contributed by atoms with van der Waals surface area (Å²) in [5.74, 6) is 0.583. The number of rotatable bonds is 4. The van der Waals surface area contributed by atoms with Crippen LogP contribution in [0.4, 0.5) is 0 Å². The maximum atomic E-state index is 11.9. The van der Waals surface area contributed by atoms with Crippen molar-refractivity contribution in [2.75, 3.05) is 0 Å². The Morgan fingerprint density at radius 3 is 2.76 bits per heavy atom. The van der Waals surface area contributed by atoms with Gasteiger partial charge in [-0.05, 0) is 25.1 Å². The number of imidazole rings is 1. The molecule has 21 heavy (non-hydrogen) atoms. The van der Waals surface area contributed by atoms with E-state index >= 15 is 0 Å². The van der Waals surface area contributed by atoms with Gasteiger partial charge in [-0.3, -0.25) is 4.79 Å². The second kappa shape index (κ2) is 5.62. The van der Waals surface area contributed by atoms with Gasteiger partial charge in [0, 0.05) is 24.7 Å². The summed E-state index contributed by atoms with van der Waals surface area (Å²) in [4.78, 5) is 15.9. The van der Waals surface area contributed by atoms with Crippen molar-refractivity contribution in [3.8, 4) is 11.4 Å². The molecule has 1 atom stereocenters. The van der Waals surface area contributed by atoms with Crippen LogP contribution in [0.15, 0.2) is 66.1 Å². The largest absolute Gasteiger partial charge is 0.468 e. The van der Waals surface area contributed by atoms with Gasteiger partial charge in [0.2, 0.25) is 0 Å². The van der Waals surface area contributed by atoms with Crippen LogP contribution in [0.25, 0.3) is 5.69 Å². The Balaban J connectivity index is 1.97. The van der Waals surface area contributed by atoms with Gasteiger partial charge in [0.1, 0.15) is 11.4 Å². The SMILES string of the molecule is CC(Oc1ccccc1-n1ncccc1=O)n1ccnc1. The van der Waals surface area contributed by atoms with E-state index in [1.54, 1.807) is 30.9 Å². The van der Waals surface area contributed by atoms with Crippen LogP contribution in [-0.4, -0.2) is 19.3 Å². The number of aromatic nitrogens is 4. The maximum absolute atomic E-state index is 11.9. The quantitative estimate of drug-likeness (QED) is 0.734. The van der Waals surface area contributed by atoms with Gasteiger partial charge in [-0.25, -0.2) is 4.98 Å². The van der Waals surface area contributed by atoms with Gasteiger partial charge in [-0.2, -0.15) is 9.78 Å². The van der Waals surface area contributed by atoms with E-state index in [1.165, 1.54) is 10.7 Å². The summed E-state index contributed by atoms with van der Waals surface area (Å²) >= 11 is 0. The van der Waals surface area contributed by atoms with E-state index in [2.05, 4.69) is 10.1 Å². The average molecular weight is 282 g/mol. The van der Waals surface area contributed by atoms with Crippen LogP contribution < -0.4 is 10.3 Å². The highest BCUT2D eigenvalue weighted by molar-refractivity contribution is 5.45. The summed E-state index contributed by atoms with van der Waals surface area (Å²) in [5.41, 5.74) is 0.402. The van der Waals surface area contributed by atoms with Crippen molar-refractivity contribution in [2.45, 2.75) is 13.2 Å². The van der Waals surface area contributed by atoms with Gasteiger partial charge in [0.25, 0.3) is 5.56 Å². The molecule has 0 fully saturated rings. The molecule has 106 valence electrons. The predicted molar refractivity (Wildman–Crippen MR) is 77.4 cm³/mol. The Kier molecular flexibility index (Phi) is 3.51. The molecule has 6 nitrogen and oxygen atoms in total. The zero-order chi connectivity index (χ0) is 14.7. The van der Waals surface area contributed by atoms with E-state index in [4.69, 9.17) is 4.74 Å². The molecule has 1 aromatic carbocycles. The molecule has 0 bridgehead atoms. The molecule has 1 unspecified atom stereocenters. The number of nitrogens with zero attached hydrogens (tertiary/aromatic N) is 4. The monoisotopic (exact) mass is 282 g/mol. The highest BCUT2D eigenvalue weighted by Crippen LogP contribution is 2.24. The first-order chi connectivity index (χ1) is 10.3. The zero-order valence-corrected chi connectivity index (χ0v) is 11.5. The van der Waals surface area contributed by atoms with Crippen molar-refractivity contribution in [3.05, 3.63) is 71.7 Å². The first-order valence-corrected chi connectivity index (χ1v) is 6.53. The van der Waals surface area contributed by atoms with Crippen LogP contribution in [0.5, 0.6) is 5.75 Å². The molecule has 6 heteroatoms. The summed E-state index contributed by atoms with van der Waals surface area (Å²) in [6.45, 7) is 1.90. The van der Waals surface area contributed by atoms with Crippen molar-refractivity contribution < 1.29 is 4.74 Å². The molecule has 2 aromatic heterocycles. The molecule has 0 saturated carbocycles. The molecule has 0 aliphatic heterocycles. The highest BCUT2D eigenvalue weighted by atomic mass is 16.5. The van der Waals surface area contributed by atoms with Crippen LogP contribution in [0.1, 0.15) is 13.2 Å². The fourth-order valence-corrected chi connectivity index (χ4v) is 2.00. The average Bonchev–Trinajstić information content (AvgIpc) is 3.03. The molecule has 0 aliphatic carbocycles. The summed E-state index contributed by atoms with van der Waals surface area (Å²) in [6.07, 6.45) is 6.51. The molecule has 0 radical (unpaired) electrons. The van der Waals surface area contributed by atoms with Crippen LogP contribution >= 0.6 is 0 Å². The Labute approximate surface area is 121 Å². The van der Waals surface area contributed by atoms with E-state index in [-0.39, 0.29) is 11.8 Å². The molecule has 0 spiro atoms. The van der Waals surface area contributed by atoms with Crippen LogP contribution in [0.2, 0.25) is 0 Å². The Bertz CT molecular complexity index is 780. The maximum Gasteiger partial charge on any atom is 0.271 e. The third-order valence-electron chi connectivity index (χ3n) is 3.05. The predicted octanol–water partition coefficient (Wildman–Crippen LogP) is 2.03. The van der Waals surface area contributed by atoms with Crippen molar-refractivity contribution in [1.82, 2.24) is 19.3 Å². The first-order valence-electron chi connectivity index (χ1n) is 6.53. The van der Waals surface area contributed by atoms with Gasteiger partial charge >= 0.3 is 0 Å². The minimum absolute atomic E-state index is 0.205. The Morgan fingerprint density at radius 1 is 1.14 bits per heavy atom. The lowest BCUT2D eigenvalue weighted by molar-refractivity contribution is 0.152. The van der Waals surface area contributed by atoms with Gasteiger partial charge < -0.3 is 9.30 Å². The fourth-order valence-electron chi connectivity index (χ4n) is 2.00. The molecule has 3 rings (SSSR count). The highest BCUT2D eigenvalue weighted by Gasteiger charge is 2.11. The summed E-state index contributed by atoms with van der Waals surface area (Å²) in [6, 6.07) is 10.4. The van der Waals surface area contributed by atoms with Crippen LogP contribution in [-0.2, 0) is 0 Å². The molecule has 3 aromatic rings. The van der Waals surface area contributed by atoms with E-state index in [1.807, 2.05) is 35.9 Å². The van der Waals surface area contributed by atoms with Gasteiger partial charge in [-0.15, -0.1) is 0 Å². The molecule has 2 heterocycles. The third kappa shape index (κ3) is 2.69. The van der Waals surface area contributed by atoms with E-state index in [9.17, 15) is 4.79 Å². The number of ether oxygens (including phenoxy) is 1. The smallest absolute Gasteiger partial charge is 0.271 e. The zero-order valence-electron chi connectivity index (χ0n) is 11.5. The number of hydrogen-bond donors (Lipinski definition) is 0. The minimum Gasteiger partial charge on any atom is -0.468 e. The number of hydrogen-bond acceptors (Lipinski definition) is 4. The van der Waals surface area contributed by atoms with Crippen LogP contribution in [0, 0.1) is 0 Å². The Morgan fingerprint density at radius 2 is 2.00 bits per heavy atom. The standard InChI is InChI=1S/C15H14N4O2/c1-12(18-10-9-16-11-18)21-14-6-3-2-5-13(14)19-15(20)7-4-8-17-19/h2-12H,1H3. The van der Waals surface area contributed by atoms with E-state index in [0.717, 1.165) is 0 Å². The molecule has 0 aliphatic rings. The Hall–Kier alpha value is -2.89. The van der Waals surface area contributed by atoms with Crippen molar-refractivity contribution in [1.29, 1.82) is 0 Å². The number of para-hydroxylation sites is 2. The lowest BCUT2D eigenvalue weighted by atomic mass is 10.3. The summed E-state index contributed by atoms with van der Waals surface area (Å²) in [5, 5.41) is 4.08. The second-order valence-electron chi connectivity index (χ2n) is 4.47. The van der Waals surface area contributed by atoms with Gasteiger partial charge in [-0.1, -0.05) is 12.1 Å². The van der Waals surface area contributed by atoms with Crippen molar-refractivity contribution in [3.63, 3.8) is 0 Å². The van der Waals surface area contributed by atoms with E-state index in [0.29, 0.717) is 11.4 Å². The van der Waals surface area contributed by atoms with E-state index < -0.39 is 0 Å². The minimum atomic E-state index is -0.243.